The van der Waals surface area contributed by atoms with Gasteiger partial charge in [-0.1, -0.05) is 0 Å². The van der Waals surface area contributed by atoms with Crippen molar-refractivity contribution < 1.29 is 5.11 Å². The minimum absolute atomic E-state index is 0.129. The molecule has 0 bridgehead atoms. The standard InChI is InChI=1S/C16H20N4O2/c1-11-18-14(7-16(22)19-11)9-20-8-13(15(21)10-20)6-12-2-4-17-5-3-12/h2-5,7,13,15,21H,6,8-10H2,1H3,(H,18,19,22)/t13-,15-/m1/s1. The number of rotatable bonds is 4. The Balaban J connectivity index is 1.64. The number of nitrogens with one attached hydrogen (secondary N) is 1. The first-order valence-corrected chi connectivity index (χ1v) is 7.46. The third kappa shape index (κ3) is 3.58. The van der Waals surface area contributed by atoms with E-state index in [0.717, 1.165) is 18.7 Å². The summed E-state index contributed by atoms with van der Waals surface area (Å²) in [6.45, 7) is 3.78. The third-order valence-electron chi connectivity index (χ3n) is 4.03. The van der Waals surface area contributed by atoms with Gasteiger partial charge in [0.25, 0.3) is 5.56 Å². The number of likely N-dealkylation sites (tertiary alicyclic amines) is 1. The molecule has 1 saturated heterocycles. The van der Waals surface area contributed by atoms with Gasteiger partial charge >= 0.3 is 0 Å². The first-order chi connectivity index (χ1) is 10.6. The lowest BCUT2D eigenvalue weighted by atomic mass is 9.97. The number of aromatic amines is 1. The van der Waals surface area contributed by atoms with Crippen LogP contribution >= 0.6 is 0 Å². The molecule has 1 aliphatic rings. The Labute approximate surface area is 128 Å². The van der Waals surface area contributed by atoms with Crippen LogP contribution in [0.2, 0.25) is 0 Å². The van der Waals surface area contributed by atoms with E-state index < -0.39 is 0 Å². The van der Waals surface area contributed by atoms with Crippen LogP contribution in [0.3, 0.4) is 0 Å². The van der Waals surface area contributed by atoms with E-state index in [9.17, 15) is 9.90 Å². The smallest absolute Gasteiger partial charge is 0.251 e. The quantitative estimate of drug-likeness (QED) is 0.860. The largest absolute Gasteiger partial charge is 0.391 e. The zero-order valence-corrected chi connectivity index (χ0v) is 12.6. The molecule has 2 aromatic heterocycles. The van der Waals surface area contributed by atoms with Crippen molar-refractivity contribution in [2.45, 2.75) is 26.0 Å². The van der Waals surface area contributed by atoms with E-state index in [-0.39, 0.29) is 17.6 Å². The Morgan fingerprint density at radius 2 is 2.14 bits per heavy atom. The summed E-state index contributed by atoms with van der Waals surface area (Å²) in [6, 6.07) is 5.49. The van der Waals surface area contributed by atoms with Crippen molar-refractivity contribution in [1.29, 1.82) is 0 Å². The van der Waals surface area contributed by atoms with Gasteiger partial charge in [0, 0.05) is 44.0 Å². The number of pyridine rings is 1. The molecule has 0 amide bonds. The van der Waals surface area contributed by atoms with Crippen LogP contribution in [0, 0.1) is 12.8 Å². The third-order valence-corrected chi connectivity index (χ3v) is 4.03. The number of aliphatic hydroxyl groups is 1. The first kappa shape index (κ1) is 14.9. The minimum atomic E-state index is -0.351. The highest BCUT2D eigenvalue weighted by Crippen LogP contribution is 2.22. The molecule has 3 rings (SSSR count). The molecule has 0 aromatic carbocycles. The van der Waals surface area contributed by atoms with E-state index in [1.807, 2.05) is 12.1 Å². The van der Waals surface area contributed by atoms with Gasteiger partial charge in [-0.05, 0) is 31.0 Å². The number of β-amino-alcohol motifs (C(OH)–C–C–N with tert-alkyl or cyclic N) is 1. The molecular formula is C16H20N4O2. The molecule has 0 aliphatic carbocycles. The zero-order chi connectivity index (χ0) is 15.5. The molecule has 0 spiro atoms. The van der Waals surface area contributed by atoms with E-state index >= 15 is 0 Å². The molecule has 0 radical (unpaired) electrons. The summed E-state index contributed by atoms with van der Waals surface area (Å²) < 4.78 is 0. The second kappa shape index (κ2) is 6.37. The van der Waals surface area contributed by atoms with Crippen LogP contribution in [0.1, 0.15) is 17.1 Å². The van der Waals surface area contributed by atoms with Crippen molar-refractivity contribution in [2.24, 2.45) is 5.92 Å². The maximum absolute atomic E-state index is 11.5. The predicted octanol–water partition coefficient (Wildman–Crippen LogP) is 0.509. The number of aryl methyl sites for hydroxylation is 1. The summed E-state index contributed by atoms with van der Waals surface area (Å²) in [7, 11) is 0. The van der Waals surface area contributed by atoms with E-state index in [4.69, 9.17) is 0 Å². The van der Waals surface area contributed by atoms with Crippen LogP contribution in [0.5, 0.6) is 0 Å². The average Bonchev–Trinajstić information content (AvgIpc) is 2.78. The Kier molecular flexibility index (Phi) is 4.31. The summed E-state index contributed by atoms with van der Waals surface area (Å²) in [5, 5.41) is 10.3. The number of aliphatic hydroxyl groups excluding tert-OH is 1. The molecule has 6 nitrogen and oxygen atoms in total. The number of nitrogens with zero attached hydrogens (tertiary/aromatic N) is 3. The molecule has 1 aliphatic heterocycles. The van der Waals surface area contributed by atoms with Gasteiger partial charge in [0.1, 0.15) is 5.82 Å². The fraction of sp³-hybridized carbons (Fsp3) is 0.438. The highest BCUT2D eigenvalue weighted by molar-refractivity contribution is 5.12. The molecule has 1 fully saturated rings. The Hall–Kier alpha value is -2.05. The number of aromatic nitrogens is 3. The molecule has 2 aromatic rings. The molecule has 22 heavy (non-hydrogen) atoms. The molecule has 3 heterocycles. The van der Waals surface area contributed by atoms with Crippen molar-refractivity contribution in [2.75, 3.05) is 13.1 Å². The first-order valence-electron chi connectivity index (χ1n) is 7.46. The van der Waals surface area contributed by atoms with E-state index in [1.165, 1.54) is 11.6 Å². The minimum Gasteiger partial charge on any atom is -0.391 e. The van der Waals surface area contributed by atoms with E-state index in [2.05, 4.69) is 19.9 Å². The molecule has 116 valence electrons. The number of hydrogen-bond acceptors (Lipinski definition) is 5. The van der Waals surface area contributed by atoms with Crippen LogP contribution in [-0.2, 0) is 13.0 Å². The molecule has 0 unspecified atom stereocenters. The number of H-pyrrole nitrogens is 1. The highest BCUT2D eigenvalue weighted by atomic mass is 16.3. The van der Waals surface area contributed by atoms with Gasteiger partial charge in [-0.2, -0.15) is 0 Å². The lowest BCUT2D eigenvalue weighted by Gasteiger charge is -2.15. The molecule has 2 atom stereocenters. The van der Waals surface area contributed by atoms with Gasteiger partial charge in [-0.15, -0.1) is 0 Å². The monoisotopic (exact) mass is 300 g/mol. The fourth-order valence-electron chi connectivity index (χ4n) is 3.04. The zero-order valence-electron chi connectivity index (χ0n) is 12.6. The second-order valence-corrected chi connectivity index (χ2v) is 5.90. The van der Waals surface area contributed by atoms with Crippen molar-refractivity contribution in [3.05, 3.63) is 58.0 Å². The maximum atomic E-state index is 11.5. The normalized spacial score (nSPS) is 22.1. The van der Waals surface area contributed by atoms with Gasteiger partial charge in [0.2, 0.25) is 0 Å². The number of hydrogen-bond donors (Lipinski definition) is 2. The van der Waals surface area contributed by atoms with Crippen LogP contribution in [0.15, 0.2) is 35.4 Å². The highest BCUT2D eigenvalue weighted by Gasteiger charge is 2.31. The van der Waals surface area contributed by atoms with Gasteiger partial charge in [0.15, 0.2) is 0 Å². The van der Waals surface area contributed by atoms with Crippen LogP contribution in [0.25, 0.3) is 0 Å². The summed E-state index contributed by atoms with van der Waals surface area (Å²) >= 11 is 0. The van der Waals surface area contributed by atoms with Crippen molar-refractivity contribution in [1.82, 2.24) is 19.9 Å². The second-order valence-electron chi connectivity index (χ2n) is 5.90. The molecular weight excluding hydrogens is 280 g/mol. The van der Waals surface area contributed by atoms with Gasteiger partial charge < -0.3 is 10.1 Å². The van der Waals surface area contributed by atoms with Crippen LogP contribution < -0.4 is 5.56 Å². The van der Waals surface area contributed by atoms with Crippen LogP contribution in [-0.4, -0.2) is 44.2 Å². The Bertz CT molecular complexity index is 686. The fourth-order valence-corrected chi connectivity index (χ4v) is 3.04. The SMILES string of the molecule is Cc1nc(CN2C[C@@H](Cc3ccncc3)[C@H](O)C2)cc(=O)[nH]1. The topological polar surface area (TPSA) is 82.1 Å². The van der Waals surface area contributed by atoms with Crippen molar-refractivity contribution in [3.63, 3.8) is 0 Å². The summed E-state index contributed by atoms with van der Waals surface area (Å²) in [5.41, 5.74) is 1.81. The van der Waals surface area contributed by atoms with Gasteiger partial charge in [-0.3, -0.25) is 14.7 Å². The van der Waals surface area contributed by atoms with Crippen molar-refractivity contribution in [3.8, 4) is 0 Å². The summed E-state index contributed by atoms with van der Waals surface area (Å²) in [6.07, 6.45) is 4.03. The summed E-state index contributed by atoms with van der Waals surface area (Å²) in [5.74, 6) is 0.820. The lowest BCUT2D eigenvalue weighted by Crippen LogP contribution is -2.23. The Morgan fingerprint density at radius 1 is 1.36 bits per heavy atom. The van der Waals surface area contributed by atoms with E-state index in [0.29, 0.717) is 18.9 Å². The van der Waals surface area contributed by atoms with Crippen molar-refractivity contribution >= 4 is 0 Å². The lowest BCUT2D eigenvalue weighted by molar-refractivity contribution is 0.141. The van der Waals surface area contributed by atoms with E-state index in [1.54, 1.807) is 19.3 Å². The maximum Gasteiger partial charge on any atom is 0.251 e. The van der Waals surface area contributed by atoms with Gasteiger partial charge in [-0.25, -0.2) is 4.98 Å². The molecule has 6 heteroatoms. The van der Waals surface area contributed by atoms with Gasteiger partial charge in [0.05, 0.1) is 11.8 Å². The Morgan fingerprint density at radius 3 is 2.86 bits per heavy atom. The predicted molar refractivity (Wildman–Crippen MR) is 82.3 cm³/mol. The molecule has 2 N–H and O–H groups in total. The molecule has 0 saturated carbocycles. The summed E-state index contributed by atoms with van der Waals surface area (Å²) in [4.78, 5) is 24.6. The average molecular weight is 300 g/mol. The van der Waals surface area contributed by atoms with Crippen LogP contribution in [0.4, 0.5) is 0 Å².